The first-order chi connectivity index (χ1) is 11.1. The lowest BCUT2D eigenvalue weighted by Crippen LogP contribution is -2.24. The number of rotatable bonds is 5. The number of halogens is 2. The van der Waals surface area contributed by atoms with Gasteiger partial charge in [0.15, 0.2) is 16.8 Å². The maximum atomic E-state index is 13.1. The summed E-state index contributed by atoms with van der Waals surface area (Å²) < 4.78 is 26.3. The molecule has 3 rings (SSSR count). The lowest BCUT2D eigenvalue weighted by molar-refractivity contribution is -0.118. The number of fused-ring (bicyclic) bond motifs is 1. The zero-order chi connectivity index (χ0) is 16.2. The second kappa shape index (κ2) is 6.78. The number of hydrogen-bond acceptors (Lipinski definition) is 3. The number of aromatic amines is 1. The largest absolute Gasteiger partial charge is 0.351 e. The van der Waals surface area contributed by atoms with Gasteiger partial charge in [0.2, 0.25) is 5.91 Å². The van der Waals surface area contributed by atoms with E-state index in [4.69, 9.17) is 0 Å². The Balaban J connectivity index is 1.56. The van der Waals surface area contributed by atoms with Gasteiger partial charge in [0, 0.05) is 18.7 Å². The van der Waals surface area contributed by atoms with E-state index in [0.29, 0.717) is 22.7 Å². The minimum absolute atomic E-state index is 0.142. The van der Waals surface area contributed by atoms with Gasteiger partial charge in [-0.3, -0.25) is 4.79 Å². The lowest BCUT2D eigenvalue weighted by atomic mass is 10.2. The Labute approximate surface area is 135 Å². The molecular formula is C16H13F2N3OS. The van der Waals surface area contributed by atoms with Crippen LogP contribution in [0, 0.1) is 11.6 Å². The molecule has 1 heterocycles. The zero-order valence-electron chi connectivity index (χ0n) is 12.0. The van der Waals surface area contributed by atoms with Crippen LogP contribution < -0.4 is 5.32 Å². The standard InChI is InChI=1S/C16H13F2N3OS/c17-11-6-13-14(7-12(11)18)21-16(20-13)23-9-15(22)19-8-10-4-2-1-3-5-10/h1-7H,8-9H2,(H,19,22)(H,20,21). The van der Waals surface area contributed by atoms with Gasteiger partial charge in [0.1, 0.15) is 0 Å². The normalized spacial score (nSPS) is 10.9. The second-order valence-corrected chi connectivity index (χ2v) is 5.84. The molecule has 4 nitrogen and oxygen atoms in total. The maximum Gasteiger partial charge on any atom is 0.230 e. The molecule has 0 aliphatic heterocycles. The molecule has 0 aliphatic carbocycles. The molecule has 3 aromatic rings. The van der Waals surface area contributed by atoms with Gasteiger partial charge in [-0.15, -0.1) is 0 Å². The van der Waals surface area contributed by atoms with Gasteiger partial charge in [-0.2, -0.15) is 0 Å². The van der Waals surface area contributed by atoms with Crippen LogP contribution in [-0.4, -0.2) is 21.6 Å². The Morgan fingerprint density at radius 2 is 1.91 bits per heavy atom. The van der Waals surface area contributed by atoms with E-state index >= 15 is 0 Å². The number of carbonyl (C=O) groups excluding carboxylic acids is 1. The number of aromatic nitrogens is 2. The molecule has 1 amide bonds. The number of imidazole rings is 1. The molecule has 0 bridgehead atoms. The summed E-state index contributed by atoms with van der Waals surface area (Å²) in [5.41, 5.74) is 1.74. The van der Waals surface area contributed by atoms with Crippen LogP contribution in [0.2, 0.25) is 0 Å². The Kier molecular flexibility index (Phi) is 4.57. The summed E-state index contributed by atoms with van der Waals surface area (Å²) in [5.74, 6) is -1.85. The van der Waals surface area contributed by atoms with Crippen LogP contribution in [0.4, 0.5) is 8.78 Å². The molecule has 0 radical (unpaired) electrons. The molecule has 0 saturated heterocycles. The van der Waals surface area contributed by atoms with Crippen molar-refractivity contribution in [1.82, 2.24) is 15.3 Å². The smallest absolute Gasteiger partial charge is 0.230 e. The molecule has 2 N–H and O–H groups in total. The first-order valence-electron chi connectivity index (χ1n) is 6.90. The molecule has 0 spiro atoms. The number of carbonyl (C=O) groups is 1. The van der Waals surface area contributed by atoms with Crippen molar-refractivity contribution < 1.29 is 13.6 Å². The van der Waals surface area contributed by atoms with Crippen molar-refractivity contribution in [2.24, 2.45) is 0 Å². The topological polar surface area (TPSA) is 57.8 Å². The van der Waals surface area contributed by atoms with Crippen molar-refractivity contribution in [1.29, 1.82) is 0 Å². The quantitative estimate of drug-likeness (QED) is 0.705. The van der Waals surface area contributed by atoms with Crippen molar-refractivity contribution in [3.63, 3.8) is 0 Å². The van der Waals surface area contributed by atoms with Crippen LogP contribution >= 0.6 is 11.8 Å². The summed E-state index contributed by atoms with van der Waals surface area (Å²) in [4.78, 5) is 18.8. The predicted molar refractivity (Wildman–Crippen MR) is 85.0 cm³/mol. The third kappa shape index (κ3) is 3.87. The summed E-state index contributed by atoms with van der Waals surface area (Å²) in [6.07, 6.45) is 0. The maximum absolute atomic E-state index is 13.1. The van der Waals surface area contributed by atoms with E-state index in [9.17, 15) is 13.6 Å². The molecule has 0 saturated carbocycles. The van der Waals surface area contributed by atoms with Crippen molar-refractivity contribution in [2.45, 2.75) is 11.7 Å². The minimum atomic E-state index is -0.943. The van der Waals surface area contributed by atoms with Crippen LogP contribution in [0.1, 0.15) is 5.56 Å². The van der Waals surface area contributed by atoms with Crippen molar-refractivity contribution in [2.75, 3.05) is 5.75 Å². The highest BCUT2D eigenvalue weighted by atomic mass is 32.2. The number of nitrogens with zero attached hydrogens (tertiary/aromatic N) is 1. The van der Waals surface area contributed by atoms with Gasteiger partial charge in [-0.25, -0.2) is 13.8 Å². The highest BCUT2D eigenvalue weighted by Gasteiger charge is 2.10. The fourth-order valence-corrected chi connectivity index (χ4v) is 2.75. The lowest BCUT2D eigenvalue weighted by Gasteiger charge is -2.04. The Morgan fingerprint density at radius 3 is 2.70 bits per heavy atom. The molecule has 0 atom stereocenters. The minimum Gasteiger partial charge on any atom is -0.351 e. The van der Waals surface area contributed by atoms with E-state index in [1.54, 1.807) is 0 Å². The zero-order valence-corrected chi connectivity index (χ0v) is 12.8. The van der Waals surface area contributed by atoms with Crippen molar-refractivity contribution in [3.8, 4) is 0 Å². The van der Waals surface area contributed by atoms with Gasteiger partial charge in [-0.05, 0) is 5.56 Å². The number of thioether (sulfide) groups is 1. The molecule has 23 heavy (non-hydrogen) atoms. The van der Waals surface area contributed by atoms with Crippen LogP contribution in [0.5, 0.6) is 0 Å². The fourth-order valence-electron chi connectivity index (χ4n) is 2.03. The van der Waals surface area contributed by atoms with Gasteiger partial charge in [0.25, 0.3) is 0 Å². The van der Waals surface area contributed by atoms with Crippen molar-refractivity contribution in [3.05, 3.63) is 59.7 Å². The van der Waals surface area contributed by atoms with E-state index in [0.717, 1.165) is 17.7 Å². The number of hydrogen-bond donors (Lipinski definition) is 2. The predicted octanol–water partition coefficient (Wildman–Crippen LogP) is 3.25. The number of amides is 1. The Morgan fingerprint density at radius 1 is 1.17 bits per heavy atom. The monoisotopic (exact) mass is 333 g/mol. The number of benzene rings is 2. The molecule has 7 heteroatoms. The Bertz CT molecular complexity index is 797. The highest BCUT2D eigenvalue weighted by molar-refractivity contribution is 7.99. The summed E-state index contributed by atoms with van der Waals surface area (Å²) in [7, 11) is 0. The van der Waals surface area contributed by atoms with Gasteiger partial charge >= 0.3 is 0 Å². The first-order valence-corrected chi connectivity index (χ1v) is 7.88. The SMILES string of the molecule is O=C(CSc1nc2cc(F)c(F)cc2[nH]1)NCc1ccccc1. The summed E-state index contributed by atoms with van der Waals surface area (Å²) in [6.45, 7) is 0.455. The molecule has 118 valence electrons. The Hall–Kier alpha value is -2.41. The molecule has 2 aromatic carbocycles. The van der Waals surface area contributed by atoms with Crippen LogP contribution in [0.3, 0.4) is 0 Å². The molecular weight excluding hydrogens is 320 g/mol. The second-order valence-electron chi connectivity index (χ2n) is 4.88. The van der Waals surface area contributed by atoms with Gasteiger partial charge in [0.05, 0.1) is 16.8 Å². The molecule has 0 aliphatic rings. The van der Waals surface area contributed by atoms with Gasteiger partial charge < -0.3 is 10.3 Å². The number of nitrogens with one attached hydrogen (secondary N) is 2. The third-order valence-electron chi connectivity index (χ3n) is 3.17. The van der Waals surface area contributed by atoms with Crippen molar-refractivity contribution >= 4 is 28.7 Å². The summed E-state index contributed by atoms with van der Waals surface area (Å²) in [5, 5.41) is 3.24. The average Bonchev–Trinajstić information content (AvgIpc) is 2.94. The molecule has 0 fully saturated rings. The highest BCUT2D eigenvalue weighted by Crippen LogP contribution is 2.21. The first kappa shape index (κ1) is 15.5. The summed E-state index contributed by atoms with van der Waals surface area (Å²) >= 11 is 1.18. The fraction of sp³-hybridized carbons (Fsp3) is 0.125. The van der Waals surface area contributed by atoms with E-state index in [1.807, 2.05) is 30.3 Å². The van der Waals surface area contributed by atoms with E-state index < -0.39 is 11.6 Å². The van der Waals surface area contributed by atoms with Crippen LogP contribution in [0.15, 0.2) is 47.6 Å². The van der Waals surface area contributed by atoms with E-state index in [1.165, 1.54) is 11.8 Å². The van der Waals surface area contributed by atoms with Crippen LogP contribution in [-0.2, 0) is 11.3 Å². The summed E-state index contributed by atoms with van der Waals surface area (Å²) in [6, 6.07) is 11.7. The number of H-pyrrole nitrogens is 1. The third-order valence-corrected chi connectivity index (χ3v) is 4.05. The van der Waals surface area contributed by atoms with E-state index in [-0.39, 0.29) is 11.7 Å². The van der Waals surface area contributed by atoms with Gasteiger partial charge in [-0.1, -0.05) is 42.1 Å². The molecule has 1 aromatic heterocycles. The molecule has 0 unspecified atom stereocenters. The van der Waals surface area contributed by atoms with E-state index in [2.05, 4.69) is 15.3 Å². The average molecular weight is 333 g/mol. The van der Waals surface area contributed by atoms with Crippen LogP contribution in [0.25, 0.3) is 11.0 Å².